The van der Waals surface area contributed by atoms with E-state index in [0.29, 0.717) is 6.54 Å². The van der Waals surface area contributed by atoms with Crippen LogP contribution in [0.2, 0.25) is 0 Å². The molecule has 0 aliphatic heterocycles. The minimum atomic E-state index is -0.250. The van der Waals surface area contributed by atoms with Crippen LogP contribution in [0.4, 0.5) is 10.1 Å². The van der Waals surface area contributed by atoms with E-state index in [4.69, 9.17) is 5.73 Å². The third-order valence-electron chi connectivity index (χ3n) is 3.50. The van der Waals surface area contributed by atoms with Crippen molar-refractivity contribution in [2.45, 2.75) is 13.0 Å². The highest BCUT2D eigenvalue weighted by Crippen LogP contribution is 2.31. The number of halogens is 2. The number of aryl methyl sites for hydroxylation is 1. The van der Waals surface area contributed by atoms with E-state index in [1.54, 1.807) is 6.07 Å². The summed E-state index contributed by atoms with van der Waals surface area (Å²) in [4.78, 5) is 2.09. The number of anilines is 1. The quantitative estimate of drug-likeness (QED) is 0.913. The Kier molecular flexibility index (Phi) is 4.78. The highest BCUT2D eigenvalue weighted by atomic mass is 79.9. The molecule has 1 unspecified atom stereocenters. The second-order valence-electron chi connectivity index (χ2n) is 4.81. The van der Waals surface area contributed by atoms with Gasteiger partial charge in [0, 0.05) is 23.8 Å². The lowest BCUT2D eigenvalue weighted by molar-refractivity contribution is 0.614. The molecule has 106 valence electrons. The van der Waals surface area contributed by atoms with Gasteiger partial charge in [-0.3, -0.25) is 0 Å². The first kappa shape index (κ1) is 15.0. The minimum Gasteiger partial charge on any atom is -0.366 e. The summed E-state index contributed by atoms with van der Waals surface area (Å²) in [7, 11) is 1.98. The maximum atomic E-state index is 13.5. The van der Waals surface area contributed by atoms with E-state index in [2.05, 4.69) is 33.8 Å². The second-order valence-corrected chi connectivity index (χ2v) is 5.67. The summed E-state index contributed by atoms with van der Waals surface area (Å²) in [6, 6.07) is 12.7. The van der Waals surface area contributed by atoms with Crippen LogP contribution in [0.3, 0.4) is 0 Å². The van der Waals surface area contributed by atoms with Gasteiger partial charge >= 0.3 is 0 Å². The third kappa shape index (κ3) is 3.02. The molecule has 2 N–H and O–H groups in total. The molecule has 0 radical (unpaired) electrons. The zero-order chi connectivity index (χ0) is 14.7. The molecule has 0 saturated carbocycles. The fraction of sp³-hybridized carbons (Fsp3) is 0.250. The Labute approximate surface area is 127 Å². The maximum Gasteiger partial charge on any atom is 0.123 e. The van der Waals surface area contributed by atoms with Crippen LogP contribution < -0.4 is 10.6 Å². The molecule has 0 bridgehead atoms. The van der Waals surface area contributed by atoms with Gasteiger partial charge in [0.1, 0.15) is 5.82 Å². The topological polar surface area (TPSA) is 29.3 Å². The lowest BCUT2D eigenvalue weighted by Gasteiger charge is -2.31. The fourth-order valence-electron chi connectivity index (χ4n) is 2.39. The van der Waals surface area contributed by atoms with Crippen LogP contribution in [-0.2, 0) is 0 Å². The standard InChI is InChI=1S/C16H18BrFN2/c1-11-5-3-4-6-15(11)20(2)16(10-19)13-9-12(18)7-8-14(13)17/h3-9,16H,10,19H2,1-2H3. The molecular formula is C16H18BrFN2. The van der Waals surface area contributed by atoms with Crippen LogP contribution in [-0.4, -0.2) is 13.6 Å². The molecule has 0 spiro atoms. The minimum absolute atomic E-state index is 0.0822. The van der Waals surface area contributed by atoms with Crippen molar-refractivity contribution in [3.8, 4) is 0 Å². The van der Waals surface area contributed by atoms with Crippen LogP contribution in [0.5, 0.6) is 0 Å². The Morgan fingerprint density at radius 2 is 1.95 bits per heavy atom. The average molecular weight is 337 g/mol. The Bertz CT molecular complexity index is 601. The molecule has 0 aliphatic carbocycles. The molecule has 2 aromatic carbocycles. The predicted molar refractivity (Wildman–Crippen MR) is 85.5 cm³/mol. The molecule has 0 fully saturated rings. The van der Waals surface area contributed by atoms with E-state index in [0.717, 1.165) is 15.7 Å². The molecule has 4 heteroatoms. The number of para-hydroxylation sites is 1. The van der Waals surface area contributed by atoms with Gasteiger partial charge in [-0.05, 0) is 42.3 Å². The lowest BCUT2D eigenvalue weighted by atomic mass is 10.0. The van der Waals surface area contributed by atoms with Crippen molar-refractivity contribution >= 4 is 21.6 Å². The number of hydrogen-bond acceptors (Lipinski definition) is 2. The van der Waals surface area contributed by atoms with Gasteiger partial charge in [0.25, 0.3) is 0 Å². The van der Waals surface area contributed by atoms with Crippen LogP contribution in [0.1, 0.15) is 17.2 Å². The summed E-state index contributed by atoms with van der Waals surface area (Å²) in [5.74, 6) is -0.250. The summed E-state index contributed by atoms with van der Waals surface area (Å²) >= 11 is 3.48. The Balaban J connectivity index is 2.42. The van der Waals surface area contributed by atoms with Gasteiger partial charge < -0.3 is 10.6 Å². The molecule has 1 atom stereocenters. The lowest BCUT2D eigenvalue weighted by Crippen LogP contribution is -2.31. The molecule has 0 aliphatic rings. The first-order valence-corrected chi connectivity index (χ1v) is 7.27. The van der Waals surface area contributed by atoms with Gasteiger partial charge in [-0.2, -0.15) is 0 Å². The van der Waals surface area contributed by atoms with Crippen molar-refractivity contribution in [3.63, 3.8) is 0 Å². The SMILES string of the molecule is Cc1ccccc1N(C)C(CN)c1cc(F)ccc1Br. The van der Waals surface area contributed by atoms with Crippen molar-refractivity contribution in [2.24, 2.45) is 5.73 Å². The monoisotopic (exact) mass is 336 g/mol. The van der Waals surface area contributed by atoms with Crippen molar-refractivity contribution in [3.05, 3.63) is 63.9 Å². The molecule has 0 aromatic heterocycles. The molecule has 2 aromatic rings. The molecule has 2 rings (SSSR count). The van der Waals surface area contributed by atoms with Crippen LogP contribution >= 0.6 is 15.9 Å². The van der Waals surface area contributed by atoms with Gasteiger partial charge in [-0.25, -0.2) is 4.39 Å². The van der Waals surface area contributed by atoms with Crippen LogP contribution in [0.25, 0.3) is 0 Å². The van der Waals surface area contributed by atoms with E-state index in [-0.39, 0.29) is 11.9 Å². The number of hydrogen-bond donors (Lipinski definition) is 1. The maximum absolute atomic E-state index is 13.5. The van der Waals surface area contributed by atoms with Crippen LogP contribution in [0, 0.1) is 12.7 Å². The largest absolute Gasteiger partial charge is 0.366 e. The van der Waals surface area contributed by atoms with E-state index in [9.17, 15) is 4.39 Å². The van der Waals surface area contributed by atoms with Crippen molar-refractivity contribution in [1.29, 1.82) is 0 Å². The van der Waals surface area contributed by atoms with Gasteiger partial charge in [-0.15, -0.1) is 0 Å². The van der Waals surface area contributed by atoms with Crippen molar-refractivity contribution < 1.29 is 4.39 Å². The average Bonchev–Trinajstić information content (AvgIpc) is 2.44. The zero-order valence-corrected chi connectivity index (χ0v) is 13.2. The molecular weight excluding hydrogens is 319 g/mol. The Morgan fingerprint density at radius 3 is 2.60 bits per heavy atom. The number of likely N-dealkylation sites (N-methyl/N-ethyl adjacent to an activating group) is 1. The smallest absolute Gasteiger partial charge is 0.123 e. The number of nitrogens with zero attached hydrogens (tertiary/aromatic N) is 1. The van der Waals surface area contributed by atoms with E-state index < -0.39 is 0 Å². The molecule has 0 heterocycles. The predicted octanol–water partition coefficient (Wildman–Crippen LogP) is 4.03. The number of nitrogens with two attached hydrogens (primary N) is 1. The third-order valence-corrected chi connectivity index (χ3v) is 4.23. The second kappa shape index (κ2) is 6.37. The molecule has 20 heavy (non-hydrogen) atoms. The van der Waals surface area contributed by atoms with Gasteiger partial charge in [0.2, 0.25) is 0 Å². The Morgan fingerprint density at radius 1 is 1.25 bits per heavy atom. The highest BCUT2D eigenvalue weighted by molar-refractivity contribution is 9.10. The molecule has 0 saturated heterocycles. The normalized spacial score (nSPS) is 12.2. The fourth-order valence-corrected chi connectivity index (χ4v) is 2.90. The number of rotatable bonds is 4. The summed E-state index contributed by atoms with van der Waals surface area (Å²) in [6.45, 7) is 2.47. The van der Waals surface area contributed by atoms with Crippen molar-refractivity contribution in [1.82, 2.24) is 0 Å². The van der Waals surface area contributed by atoms with Gasteiger partial charge in [0.15, 0.2) is 0 Å². The summed E-state index contributed by atoms with van der Waals surface area (Å²) in [5, 5.41) is 0. The van der Waals surface area contributed by atoms with E-state index in [1.165, 1.54) is 17.7 Å². The molecule has 2 nitrogen and oxygen atoms in total. The highest BCUT2D eigenvalue weighted by Gasteiger charge is 2.20. The first-order chi connectivity index (χ1) is 9.54. The summed E-state index contributed by atoms with van der Waals surface area (Å²) in [5.41, 5.74) is 9.05. The first-order valence-electron chi connectivity index (χ1n) is 6.48. The van der Waals surface area contributed by atoms with Crippen molar-refractivity contribution in [2.75, 3.05) is 18.5 Å². The zero-order valence-electron chi connectivity index (χ0n) is 11.6. The van der Waals surface area contributed by atoms with Gasteiger partial charge in [-0.1, -0.05) is 34.1 Å². The summed E-state index contributed by atoms with van der Waals surface area (Å²) < 4.78 is 14.4. The van der Waals surface area contributed by atoms with E-state index in [1.807, 2.05) is 25.2 Å². The summed E-state index contributed by atoms with van der Waals surface area (Å²) in [6.07, 6.45) is 0. The number of benzene rings is 2. The van der Waals surface area contributed by atoms with Crippen LogP contribution in [0.15, 0.2) is 46.9 Å². The Hall–Kier alpha value is -1.39. The van der Waals surface area contributed by atoms with Gasteiger partial charge in [0.05, 0.1) is 6.04 Å². The van der Waals surface area contributed by atoms with E-state index >= 15 is 0 Å². The molecule has 0 amide bonds.